The van der Waals surface area contributed by atoms with E-state index in [1.165, 1.54) is 199 Å². The fourth-order valence-corrected chi connectivity index (χ4v) is 8.37. The molecule has 0 aromatic rings. The number of hydrogen-bond donors (Lipinski definition) is 3. The molecular weight excluding hydrogens is 779 g/mol. The quantitative estimate of drug-likeness (QED) is 0.0321. The summed E-state index contributed by atoms with van der Waals surface area (Å²) >= 11 is 0. The Hall–Kier alpha value is -1.92. The molecule has 1 amide bonds. The van der Waals surface area contributed by atoms with Crippen LogP contribution in [0.5, 0.6) is 0 Å². The van der Waals surface area contributed by atoms with Gasteiger partial charge < -0.3 is 20.3 Å². The first-order valence-corrected chi connectivity index (χ1v) is 27.7. The lowest BCUT2D eigenvalue weighted by Crippen LogP contribution is -2.45. The zero-order chi connectivity index (χ0) is 45.8. The summed E-state index contributed by atoms with van der Waals surface area (Å²) in [6, 6.07) is -0.548. The summed E-state index contributed by atoms with van der Waals surface area (Å²) < 4.78 is 5.47. The molecule has 370 valence electrons. The summed E-state index contributed by atoms with van der Waals surface area (Å²) in [5.41, 5.74) is 0. The molecule has 0 bridgehead atoms. The van der Waals surface area contributed by atoms with Gasteiger partial charge in [0.2, 0.25) is 5.91 Å². The minimum atomic E-state index is -0.669. The topological polar surface area (TPSA) is 95.9 Å². The Labute approximate surface area is 392 Å². The first-order chi connectivity index (χ1) is 31.0. The number of nitrogens with one attached hydrogen (secondary N) is 1. The van der Waals surface area contributed by atoms with Crippen LogP contribution < -0.4 is 5.32 Å². The van der Waals surface area contributed by atoms with Crippen LogP contribution in [0.3, 0.4) is 0 Å². The Balaban J connectivity index is 3.44. The third-order valence-corrected chi connectivity index (χ3v) is 12.7. The molecule has 63 heavy (non-hydrogen) atoms. The van der Waals surface area contributed by atoms with Gasteiger partial charge in [0.25, 0.3) is 0 Å². The lowest BCUT2D eigenvalue weighted by Gasteiger charge is -2.22. The molecule has 0 aromatic heterocycles. The molecule has 0 spiro atoms. The van der Waals surface area contributed by atoms with Crippen LogP contribution >= 0.6 is 0 Å². The summed E-state index contributed by atoms with van der Waals surface area (Å²) in [6.45, 7) is 4.90. The number of unbranched alkanes of at least 4 members (excludes halogenated alkanes) is 34. The van der Waals surface area contributed by atoms with Crippen LogP contribution in [0.2, 0.25) is 0 Å². The van der Waals surface area contributed by atoms with Crippen LogP contribution in [-0.4, -0.2) is 47.4 Å². The predicted molar refractivity (Wildman–Crippen MR) is 273 cm³/mol. The van der Waals surface area contributed by atoms with Crippen molar-refractivity contribution in [3.05, 3.63) is 36.5 Å². The summed E-state index contributed by atoms with van der Waals surface area (Å²) in [5.74, 6) is -0.0563. The van der Waals surface area contributed by atoms with Crippen LogP contribution in [0.25, 0.3) is 0 Å². The van der Waals surface area contributed by atoms with Crippen molar-refractivity contribution in [2.75, 3.05) is 13.2 Å². The van der Waals surface area contributed by atoms with E-state index in [1.54, 1.807) is 0 Å². The summed E-state index contributed by atoms with van der Waals surface area (Å²) in [6.07, 6.45) is 64.1. The Morgan fingerprint density at radius 1 is 0.444 bits per heavy atom. The second-order valence-electron chi connectivity index (χ2n) is 18.9. The molecule has 6 nitrogen and oxygen atoms in total. The van der Waals surface area contributed by atoms with Gasteiger partial charge in [0.1, 0.15) is 0 Å². The van der Waals surface area contributed by atoms with Crippen molar-refractivity contribution in [1.29, 1.82) is 0 Å². The number of carbonyl (C=O) groups is 2. The maximum atomic E-state index is 12.4. The lowest BCUT2D eigenvalue weighted by molar-refractivity contribution is -0.143. The first-order valence-electron chi connectivity index (χ1n) is 27.7. The predicted octanol–water partition coefficient (Wildman–Crippen LogP) is 16.9. The van der Waals surface area contributed by atoms with E-state index >= 15 is 0 Å². The van der Waals surface area contributed by atoms with Crippen LogP contribution in [0, 0.1) is 0 Å². The van der Waals surface area contributed by atoms with E-state index in [0.29, 0.717) is 25.9 Å². The molecular formula is C57H107NO5. The zero-order valence-corrected chi connectivity index (χ0v) is 42.1. The summed E-state index contributed by atoms with van der Waals surface area (Å²) in [4.78, 5) is 24.5. The number of aliphatic hydroxyl groups is 2. The number of aliphatic hydroxyl groups excluding tert-OH is 2. The maximum absolute atomic E-state index is 12.4. The second-order valence-corrected chi connectivity index (χ2v) is 18.9. The van der Waals surface area contributed by atoms with Gasteiger partial charge >= 0.3 is 5.97 Å². The monoisotopic (exact) mass is 886 g/mol. The van der Waals surface area contributed by atoms with Gasteiger partial charge in [-0.1, -0.05) is 230 Å². The van der Waals surface area contributed by atoms with Crippen molar-refractivity contribution in [3.63, 3.8) is 0 Å². The van der Waals surface area contributed by atoms with Crippen molar-refractivity contribution in [2.45, 2.75) is 302 Å². The number of amides is 1. The number of rotatable bonds is 51. The van der Waals surface area contributed by atoms with Crippen molar-refractivity contribution < 1.29 is 24.5 Å². The van der Waals surface area contributed by atoms with Gasteiger partial charge in [-0.05, 0) is 83.5 Å². The number of allylic oxidation sites excluding steroid dienone is 6. The van der Waals surface area contributed by atoms with Crippen molar-refractivity contribution in [1.82, 2.24) is 5.32 Å². The van der Waals surface area contributed by atoms with Gasteiger partial charge in [-0.25, -0.2) is 0 Å². The Bertz CT molecular complexity index is 1020. The van der Waals surface area contributed by atoms with Crippen LogP contribution in [0.15, 0.2) is 36.5 Å². The normalized spacial score (nSPS) is 12.9. The van der Waals surface area contributed by atoms with Crippen molar-refractivity contribution >= 4 is 11.9 Å². The van der Waals surface area contributed by atoms with Gasteiger partial charge in [-0.3, -0.25) is 9.59 Å². The first kappa shape index (κ1) is 61.1. The van der Waals surface area contributed by atoms with Gasteiger partial charge in [0, 0.05) is 12.8 Å². The van der Waals surface area contributed by atoms with Crippen LogP contribution in [-0.2, 0) is 14.3 Å². The highest BCUT2D eigenvalue weighted by Gasteiger charge is 2.20. The molecule has 0 aliphatic heterocycles. The molecule has 0 fully saturated rings. The van der Waals surface area contributed by atoms with Crippen molar-refractivity contribution in [2.24, 2.45) is 0 Å². The van der Waals surface area contributed by atoms with Gasteiger partial charge in [0.15, 0.2) is 0 Å². The molecule has 0 aliphatic carbocycles. The molecule has 0 saturated heterocycles. The molecule has 0 aliphatic rings. The van der Waals surface area contributed by atoms with E-state index in [4.69, 9.17) is 4.74 Å². The SMILES string of the molecule is CCCCCC/C=C\C/C=C\CCCCCCCC(=O)OCCCCCCCCCC/C=C\CCCCCCCCCC(=O)NC(CO)C(O)CCCCCCCCCCCCC. The average molecular weight is 886 g/mol. The molecule has 2 atom stereocenters. The highest BCUT2D eigenvalue weighted by atomic mass is 16.5. The molecule has 0 aromatic carbocycles. The number of carbonyl (C=O) groups excluding carboxylic acids is 2. The van der Waals surface area contributed by atoms with E-state index in [0.717, 1.165) is 57.8 Å². The second kappa shape index (κ2) is 52.7. The molecule has 2 unspecified atom stereocenters. The maximum Gasteiger partial charge on any atom is 0.305 e. The minimum Gasteiger partial charge on any atom is -0.466 e. The number of esters is 1. The van der Waals surface area contributed by atoms with E-state index in [9.17, 15) is 19.8 Å². The largest absolute Gasteiger partial charge is 0.466 e. The van der Waals surface area contributed by atoms with Gasteiger partial charge in [0.05, 0.1) is 25.4 Å². The summed E-state index contributed by atoms with van der Waals surface area (Å²) in [7, 11) is 0. The Kier molecular flexibility index (Phi) is 51.1. The van der Waals surface area contributed by atoms with E-state index in [1.807, 2.05) is 0 Å². The van der Waals surface area contributed by atoms with E-state index in [-0.39, 0.29) is 18.5 Å². The molecule has 0 saturated carbocycles. The third-order valence-electron chi connectivity index (χ3n) is 12.7. The van der Waals surface area contributed by atoms with Gasteiger partial charge in [-0.15, -0.1) is 0 Å². The van der Waals surface area contributed by atoms with E-state index < -0.39 is 12.1 Å². The highest BCUT2D eigenvalue weighted by molar-refractivity contribution is 5.76. The summed E-state index contributed by atoms with van der Waals surface area (Å²) in [5, 5.41) is 23.1. The zero-order valence-electron chi connectivity index (χ0n) is 42.1. The Morgan fingerprint density at radius 2 is 0.794 bits per heavy atom. The smallest absolute Gasteiger partial charge is 0.305 e. The average Bonchev–Trinajstić information content (AvgIpc) is 3.28. The lowest BCUT2D eigenvalue weighted by atomic mass is 10.0. The minimum absolute atomic E-state index is 0.00993. The molecule has 0 radical (unpaired) electrons. The number of ether oxygens (including phenoxy) is 1. The van der Waals surface area contributed by atoms with Crippen LogP contribution in [0.1, 0.15) is 290 Å². The number of hydrogen-bond acceptors (Lipinski definition) is 5. The third kappa shape index (κ3) is 49.4. The van der Waals surface area contributed by atoms with E-state index in [2.05, 4.69) is 55.6 Å². The fourth-order valence-electron chi connectivity index (χ4n) is 8.37. The Morgan fingerprint density at radius 3 is 1.24 bits per heavy atom. The molecule has 3 N–H and O–H groups in total. The van der Waals surface area contributed by atoms with Gasteiger partial charge in [-0.2, -0.15) is 0 Å². The molecule has 0 rings (SSSR count). The molecule has 0 heterocycles. The van der Waals surface area contributed by atoms with Crippen molar-refractivity contribution in [3.8, 4) is 0 Å². The highest BCUT2D eigenvalue weighted by Crippen LogP contribution is 2.16. The van der Waals surface area contributed by atoms with Crippen LogP contribution in [0.4, 0.5) is 0 Å². The molecule has 6 heteroatoms. The fraction of sp³-hybridized carbons (Fsp3) is 0.860. The standard InChI is InChI=1S/C57H107NO5/c1-3-5-7-9-11-13-15-16-17-24-27-31-35-39-43-47-51-57(62)63-52-48-44-40-36-32-28-25-22-20-18-19-21-23-26-30-34-38-42-46-50-56(61)58-54(53-59)55(60)49-45-41-37-33-29-14-12-10-8-6-4-2/h13,15,17-19,24,54-55,59-60H,3-12,14,16,20-23,25-53H2,1-2H3,(H,58,61)/b15-13-,19-18-,24-17-.